The van der Waals surface area contributed by atoms with Crippen molar-refractivity contribution < 1.29 is 14.3 Å². The lowest BCUT2D eigenvalue weighted by Gasteiger charge is -2.42. The smallest absolute Gasteiger partial charge is 0.163 e. The van der Waals surface area contributed by atoms with E-state index in [1.165, 1.54) is 0 Å². The molecular formula is C14H26O3. The molecule has 3 nitrogen and oxygen atoms in total. The van der Waals surface area contributed by atoms with Crippen LogP contribution in [0.2, 0.25) is 0 Å². The predicted molar refractivity (Wildman–Crippen MR) is 67.8 cm³/mol. The molecule has 17 heavy (non-hydrogen) atoms. The normalized spacial score (nSPS) is 24.6. The van der Waals surface area contributed by atoms with Gasteiger partial charge in [0.05, 0.1) is 12.7 Å². The Morgan fingerprint density at radius 3 is 2.59 bits per heavy atom. The van der Waals surface area contributed by atoms with Crippen molar-refractivity contribution in [2.24, 2.45) is 5.41 Å². The summed E-state index contributed by atoms with van der Waals surface area (Å²) in [5, 5.41) is 0. The highest BCUT2D eigenvalue weighted by Gasteiger charge is 2.42. The Labute approximate surface area is 105 Å². The van der Waals surface area contributed by atoms with Crippen LogP contribution in [0.1, 0.15) is 60.3 Å². The molecule has 1 heterocycles. The number of ketones is 1. The standard InChI is InChI=1S/C14H26O3/c1-6-7-8-11(15)13(2,3)12-9-10-16-14(4,5)17-12/h12H,6-10H2,1-5H3. The van der Waals surface area contributed by atoms with Crippen molar-refractivity contribution in [3.63, 3.8) is 0 Å². The zero-order valence-corrected chi connectivity index (χ0v) is 11.8. The minimum absolute atomic E-state index is 0.0318. The average molecular weight is 242 g/mol. The van der Waals surface area contributed by atoms with E-state index in [1.54, 1.807) is 0 Å². The summed E-state index contributed by atoms with van der Waals surface area (Å²) in [6.07, 6.45) is 3.45. The molecule has 1 unspecified atom stereocenters. The third kappa shape index (κ3) is 3.78. The summed E-state index contributed by atoms with van der Waals surface area (Å²) in [4.78, 5) is 12.2. The van der Waals surface area contributed by atoms with E-state index in [2.05, 4.69) is 6.92 Å². The highest BCUT2D eigenvalue weighted by Crippen LogP contribution is 2.35. The van der Waals surface area contributed by atoms with Crippen LogP contribution in [0.15, 0.2) is 0 Å². The molecule has 0 spiro atoms. The van der Waals surface area contributed by atoms with E-state index in [1.807, 2.05) is 27.7 Å². The molecule has 0 aromatic carbocycles. The first-order chi connectivity index (χ1) is 7.79. The largest absolute Gasteiger partial charge is 0.350 e. The number of unbranched alkanes of at least 4 members (excludes halogenated alkanes) is 1. The van der Waals surface area contributed by atoms with Gasteiger partial charge in [-0.15, -0.1) is 0 Å². The second-order valence-electron chi connectivity index (χ2n) is 5.89. The fourth-order valence-corrected chi connectivity index (χ4v) is 2.19. The SMILES string of the molecule is CCCCC(=O)C(C)(C)C1CCOC(C)(C)O1. The molecule has 0 amide bonds. The van der Waals surface area contributed by atoms with E-state index in [0.29, 0.717) is 18.8 Å². The first kappa shape index (κ1) is 14.7. The number of hydrogen-bond acceptors (Lipinski definition) is 3. The van der Waals surface area contributed by atoms with Gasteiger partial charge in [-0.1, -0.05) is 27.2 Å². The summed E-state index contributed by atoms with van der Waals surface area (Å²) >= 11 is 0. The van der Waals surface area contributed by atoms with Gasteiger partial charge in [-0.25, -0.2) is 0 Å². The summed E-state index contributed by atoms with van der Waals surface area (Å²) in [6, 6.07) is 0. The highest BCUT2D eigenvalue weighted by atomic mass is 16.7. The number of rotatable bonds is 5. The molecule has 0 aromatic rings. The van der Waals surface area contributed by atoms with Crippen LogP contribution in [0.25, 0.3) is 0 Å². The van der Waals surface area contributed by atoms with Crippen LogP contribution in [0.5, 0.6) is 0 Å². The van der Waals surface area contributed by atoms with E-state index in [4.69, 9.17) is 9.47 Å². The summed E-state index contributed by atoms with van der Waals surface area (Å²) in [5.41, 5.74) is -0.407. The summed E-state index contributed by atoms with van der Waals surface area (Å²) < 4.78 is 11.4. The van der Waals surface area contributed by atoms with Gasteiger partial charge in [-0.2, -0.15) is 0 Å². The number of Topliss-reactive ketones (excluding diaryl/α,β-unsaturated/α-hetero) is 1. The van der Waals surface area contributed by atoms with Gasteiger partial charge in [0.2, 0.25) is 0 Å². The maximum atomic E-state index is 12.2. The van der Waals surface area contributed by atoms with E-state index in [-0.39, 0.29) is 6.10 Å². The molecule has 0 N–H and O–H groups in total. The van der Waals surface area contributed by atoms with Gasteiger partial charge < -0.3 is 9.47 Å². The molecule has 1 aliphatic rings. The van der Waals surface area contributed by atoms with Crippen LogP contribution < -0.4 is 0 Å². The Bertz CT molecular complexity index is 269. The molecule has 0 bridgehead atoms. The van der Waals surface area contributed by atoms with E-state index >= 15 is 0 Å². The summed E-state index contributed by atoms with van der Waals surface area (Å²) in [5.74, 6) is -0.257. The first-order valence-electron chi connectivity index (χ1n) is 6.64. The molecule has 1 atom stereocenters. The molecule has 1 aliphatic heterocycles. The maximum absolute atomic E-state index is 12.2. The van der Waals surface area contributed by atoms with E-state index in [0.717, 1.165) is 19.3 Å². The Morgan fingerprint density at radius 1 is 1.41 bits per heavy atom. The number of carbonyl (C=O) groups excluding carboxylic acids is 1. The van der Waals surface area contributed by atoms with Gasteiger partial charge in [0.1, 0.15) is 5.78 Å². The minimum atomic E-state index is -0.564. The van der Waals surface area contributed by atoms with E-state index in [9.17, 15) is 4.79 Å². The van der Waals surface area contributed by atoms with Crippen LogP contribution in [0.4, 0.5) is 0 Å². The van der Waals surface area contributed by atoms with Crippen molar-refractivity contribution in [2.75, 3.05) is 6.61 Å². The van der Waals surface area contributed by atoms with Crippen LogP contribution in [0.3, 0.4) is 0 Å². The Morgan fingerprint density at radius 2 is 2.06 bits per heavy atom. The average Bonchev–Trinajstić information content (AvgIpc) is 2.24. The third-order valence-electron chi connectivity index (χ3n) is 3.54. The molecule has 3 heteroatoms. The molecule has 100 valence electrons. The van der Waals surface area contributed by atoms with E-state index < -0.39 is 11.2 Å². The Kier molecular flexibility index (Phi) is 4.73. The monoisotopic (exact) mass is 242 g/mol. The molecule has 1 rings (SSSR count). The quantitative estimate of drug-likeness (QED) is 0.742. The molecular weight excluding hydrogens is 216 g/mol. The Hall–Kier alpha value is -0.410. The molecule has 0 radical (unpaired) electrons. The van der Waals surface area contributed by atoms with Gasteiger partial charge in [-0.05, 0) is 26.7 Å². The summed E-state index contributed by atoms with van der Waals surface area (Å²) in [6.45, 7) is 10.6. The van der Waals surface area contributed by atoms with Crippen molar-refractivity contribution in [1.29, 1.82) is 0 Å². The third-order valence-corrected chi connectivity index (χ3v) is 3.54. The van der Waals surface area contributed by atoms with Gasteiger partial charge in [0, 0.05) is 11.8 Å². The molecule has 1 fully saturated rings. The highest BCUT2D eigenvalue weighted by molar-refractivity contribution is 5.84. The molecule has 0 aromatic heterocycles. The maximum Gasteiger partial charge on any atom is 0.163 e. The summed E-state index contributed by atoms with van der Waals surface area (Å²) in [7, 11) is 0. The van der Waals surface area contributed by atoms with Crippen LogP contribution in [-0.2, 0) is 14.3 Å². The lowest BCUT2D eigenvalue weighted by Crippen LogP contribution is -2.49. The van der Waals surface area contributed by atoms with Crippen LogP contribution in [0, 0.1) is 5.41 Å². The molecule has 1 saturated heterocycles. The van der Waals surface area contributed by atoms with Crippen molar-refractivity contribution in [2.45, 2.75) is 72.2 Å². The lowest BCUT2D eigenvalue weighted by molar-refractivity contribution is -0.288. The van der Waals surface area contributed by atoms with Crippen molar-refractivity contribution in [3.8, 4) is 0 Å². The molecule has 0 aliphatic carbocycles. The minimum Gasteiger partial charge on any atom is -0.350 e. The fraction of sp³-hybridized carbons (Fsp3) is 0.929. The first-order valence-corrected chi connectivity index (χ1v) is 6.64. The predicted octanol–water partition coefficient (Wildman–Crippen LogP) is 3.31. The van der Waals surface area contributed by atoms with Crippen molar-refractivity contribution in [1.82, 2.24) is 0 Å². The topological polar surface area (TPSA) is 35.5 Å². The number of carbonyl (C=O) groups is 1. The number of hydrogen-bond donors (Lipinski definition) is 0. The van der Waals surface area contributed by atoms with Gasteiger partial charge in [0.25, 0.3) is 0 Å². The van der Waals surface area contributed by atoms with Crippen LogP contribution >= 0.6 is 0 Å². The zero-order chi connectivity index (χ0) is 13.1. The second-order valence-corrected chi connectivity index (χ2v) is 5.89. The Balaban J connectivity index is 2.65. The second kappa shape index (κ2) is 5.49. The fourth-order valence-electron chi connectivity index (χ4n) is 2.19. The van der Waals surface area contributed by atoms with Gasteiger partial charge >= 0.3 is 0 Å². The lowest BCUT2D eigenvalue weighted by atomic mass is 9.78. The van der Waals surface area contributed by atoms with Crippen molar-refractivity contribution in [3.05, 3.63) is 0 Å². The van der Waals surface area contributed by atoms with Crippen molar-refractivity contribution >= 4 is 5.78 Å². The van der Waals surface area contributed by atoms with Crippen LogP contribution in [-0.4, -0.2) is 24.3 Å². The van der Waals surface area contributed by atoms with Gasteiger partial charge in [-0.3, -0.25) is 4.79 Å². The zero-order valence-electron chi connectivity index (χ0n) is 11.8. The molecule has 0 saturated carbocycles. The number of ether oxygens (including phenoxy) is 2. The van der Waals surface area contributed by atoms with Gasteiger partial charge in [0.15, 0.2) is 5.79 Å².